The summed E-state index contributed by atoms with van der Waals surface area (Å²) in [5, 5.41) is 13.8. The third-order valence-electron chi connectivity index (χ3n) is 4.61. The van der Waals surface area contributed by atoms with Gasteiger partial charge in [-0.25, -0.2) is 12.8 Å². The molecule has 4 nitrogen and oxygen atoms in total. The van der Waals surface area contributed by atoms with E-state index >= 15 is 0 Å². The molecule has 0 bridgehead atoms. The van der Waals surface area contributed by atoms with Gasteiger partial charge in [-0.2, -0.15) is 0 Å². The highest BCUT2D eigenvalue weighted by molar-refractivity contribution is 7.91. The molecule has 1 aromatic rings. The monoisotopic (exact) mass is 327 g/mol. The normalized spacial score (nSPS) is 34.1. The van der Waals surface area contributed by atoms with E-state index in [9.17, 15) is 17.9 Å². The Kier molecular flexibility index (Phi) is 4.27. The van der Waals surface area contributed by atoms with Gasteiger partial charge in [0.25, 0.3) is 0 Å². The lowest BCUT2D eigenvalue weighted by Gasteiger charge is -2.46. The van der Waals surface area contributed by atoms with E-state index in [0.29, 0.717) is 31.4 Å². The summed E-state index contributed by atoms with van der Waals surface area (Å²) in [5.41, 5.74) is -0.0138. The van der Waals surface area contributed by atoms with Gasteiger partial charge in [-0.3, -0.25) is 0 Å². The first kappa shape index (κ1) is 15.9. The second kappa shape index (κ2) is 5.91. The SMILES string of the molecule is O=S1(=O)CCCC(NC2CC(O)(Cc3cccc(F)c3)C2)C1. The Morgan fingerprint density at radius 1 is 1.32 bits per heavy atom. The van der Waals surface area contributed by atoms with Crippen LogP contribution in [0.5, 0.6) is 0 Å². The first-order valence-corrected chi connectivity index (χ1v) is 9.59. The Morgan fingerprint density at radius 2 is 2.09 bits per heavy atom. The molecule has 1 unspecified atom stereocenters. The minimum Gasteiger partial charge on any atom is -0.389 e. The van der Waals surface area contributed by atoms with Crippen molar-refractivity contribution in [2.45, 2.75) is 49.8 Å². The predicted molar refractivity (Wildman–Crippen MR) is 82.9 cm³/mol. The van der Waals surface area contributed by atoms with Crippen LogP contribution in [-0.2, 0) is 16.3 Å². The van der Waals surface area contributed by atoms with E-state index < -0.39 is 15.4 Å². The van der Waals surface area contributed by atoms with E-state index in [0.717, 1.165) is 12.0 Å². The van der Waals surface area contributed by atoms with E-state index in [4.69, 9.17) is 0 Å². The van der Waals surface area contributed by atoms with Crippen LogP contribution in [0.1, 0.15) is 31.2 Å². The molecule has 1 aliphatic carbocycles. The molecule has 1 aromatic carbocycles. The van der Waals surface area contributed by atoms with Gasteiger partial charge in [-0.05, 0) is 43.4 Å². The Bertz CT molecular complexity index is 641. The standard InChI is InChI=1S/C16H22FNO3S/c17-13-4-1-3-12(7-13)8-16(19)9-15(10-16)18-14-5-2-6-22(20,21)11-14/h1,3-4,7,14-15,18-19H,2,5-6,8-11H2. The summed E-state index contributed by atoms with van der Waals surface area (Å²) >= 11 is 0. The Balaban J connectivity index is 1.50. The van der Waals surface area contributed by atoms with E-state index in [-0.39, 0.29) is 23.7 Å². The lowest BCUT2D eigenvalue weighted by molar-refractivity contribution is -0.0573. The first-order chi connectivity index (χ1) is 10.3. The van der Waals surface area contributed by atoms with Gasteiger partial charge in [0.1, 0.15) is 5.82 Å². The van der Waals surface area contributed by atoms with Crippen molar-refractivity contribution in [2.75, 3.05) is 11.5 Å². The molecular weight excluding hydrogens is 305 g/mol. The van der Waals surface area contributed by atoms with Gasteiger partial charge < -0.3 is 10.4 Å². The number of nitrogens with one attached hydrogen (secondary N) is 1. The molecule has 0 aromatic heterocycles. The molecular formula is C16H22FNO3S. The first-order valence-electron chi connectivity index (χ1n) is 7.77. The zero-order valence-corrected chi connectivity index (χ0v) is 13.3. The van der Waals surface area contributed by atoms with Crippen molar-refractivity contribution in [3.63, 3.8) is 0 Å². The molecule has 22 heavy (non-hydrogen) atoms. The average molecular weight is 327 g/mol. The van der Waals surface area contributed by atoms with Crippen LogP contribution in [0.4, 0.5) is 4.39 Å². The molecule has 0 amide bonds. The van der Waals surface area contributed by atoms with Crippen molar-refractivity contribution in [3.05, 3.63) is 35.6 Å². The molecule has 1 atom stereocenters. The van der Waals surface area contributed by atoms with E-state index in [2.05, 4.69) is 5.32 Å². The van der Waals surface area contributed by atoms with Crippen molar-refractivity contribution in [1.82, 2.24) is 5.32 Å². The fourth-order valence-electron chi connectivity index (χ4n) is 3.63. The molecule has 1 saturated heterocycles. The Hall–Kier alpha value is -0.980. The molecule has 0 radical (unpaired) electrons. The zero-order valence-electron chi connectivity index (χ0n) is 12.5. The maximum absolute atomic E-state index is 13.2. The number of rotatable bonds is 4. The van der Waals surface area contributed by atoms with Gasteiger partial charge >= 0.3 is 0 Å². The largest absolute Gasteiger partial charge is 0.389 e. The molecule has 2 aliphatic rings. The summed E-state index contributed by atoms with van der Waals surface area (Å²) in [5.74, 6) is 0.202. The summed E-state index contributed by atoms with van der Waals surface area (Å²) in [6.07, 6.45) is 3.18. The molecule has 6 heteroatoms. The maximum Gasteiger partial charge on any atom is 0.151 e. The second-order valence-electron chi connectivity index (χ2n) is 6.76. The van der Waals surface area contributed by atoms with Gasteiger partial charge in [0.05, 0.1) is 17.1 Å². The number of aliphatic hydroxyl groups is 1. The van der Waals surface area contributed by atoms with Crippen LogP contribution in [0, 0.1) is 5.82 Å². The van der Waals surface area contributed by atoms with Gasteiger partial charge in [-0.1, -0.05) is 12.1 Å². The van der Waals surface area contributed by atoms with Gasteiger partial charge in [-0.15, -0.1) is 0 Å². The number of benzene rings is 1. The van der Waals surface area contributed by atoms with E-state index in [1.54, 1.807) is 6.07 Å². The van der Waals surface area contributed by atoms with Crippen molar-refractivity contribution >= 4 is 9.84 Å². The molecule has 1 heterocycles. The second-order valence-corrected chi connectivity index (χ2v) is 8.99. The van der Waals surface area contributed by atoms with Crippen LogP contribution in [-0.4, -0.2) is 42.7 Å². The third kappa shape index (κ3) is 3.86. The van der Waals surface area contributed by atoms with Crippen LogP contribution in [0.2, 0.25) is 0 Å². The number of halogens is 1. The summed E-state index contributed by atoms with van der Waals surface area (Å²) in [7, 11) is -2.91. The van der Waals surface area contributed by atoms with Crippen LogP contribution >= 0.6 is 0 Å². The minimum absolute atomic E-state index is 0.00229. The van der Waals surface area contributed by atoms with E-state index in [1.807, 2.05) is 6.07 Å². The van der Waals surface area contributed by atoms with Gasteiger partial charge in [0.2, 0.25) is 0 Å². The third-order valence-corrected chi connectivity index (χ3v) is 6.43. The van der Waals surface area contributed by atoms with E-state index in [1.165, 1.54) is 12.1 Å². The molecule has 122 valence electrons. The quantitative estimate of drug-likeness (QED) is 0.878. The smallest absolute Gasteiger partial charge is 0.151 e. The predicted octanol–water partition coefficient (Wildman–Crippen LogP) is 1.43. The fourth-order valence-corrected chi connectivity index (χ4v) is 5.28. The highest BCUT2D eigenvalue weighted by Gasteiger charge is 2.43. The maximum atomic E-state index is 13.2. The van der Waals surface area contributed by atoms with Crippen molar-refractivity contribution in [3.8, 4) is 0 Å². The Morgan fingerprint density at radius 3 is 2.77 bits per heavy atom. The molecule has 2 N–H and O–H groups in total. The lowest BCUT2D eigenvalue weighted by Crippen LogP contribution is -2.58. The highest BCUT2D eigenvalue weighted by atomic mass is 32.2. The van der Waals surface area contributed by atoms with Crippen molar-refractivity contribution in [2.24, 2.45) is 0 Å². The van der Waals surface area contributed by atoms with Gasteiger partial charge in [0, 0.05) is 18.5 Å². The number of hydrogen-bond donors (Lipinski definition) is 2. The summed E-state index contributed by atoms with van der Waals surface area (Å²) in [6.45, 7) is 0. The van der Waals surface area contributed by atoms with Crippen LogP contribution in [0.15, 0.2) is 24.3 Å². The molecule has 1 saturated carbocycles. The summed E-state index contributed by atoms with van der Waals surface area (Å²) < 4.78 is 36.4. The Labute approximate surface area is 130 Å². The number of hydrogen-bond acceptors (Lipinski definition) is 4. The van der Waals surface area contributed by atoms with Crippen molar-refractivity contribution in [1.29, 1.82) is 0 Å². The fraction of sp³-hybridized carbons (Fsp3) is 0.625. The summed E-state index contributed by atoms with van der Waals surface area (Å²) in [6, 6.07) is 6.46. The molecule has 1 aliphatic heterocycles. The van der Waals surface area contributed by atoms with Crippen LogP contribution < -0.4 is 5.32 Å². The topological polar surface area (TPSA) is 66.4 Å². The summed E-state index contributed by atoms with van der Waals surface area (Å²) in [4.78, 5) is 0. The minimum atomic E-state index is -2.91. The van der Waals surface area contributed by atoms with Crippen LogP contribution in [0.3, 0.4) is 0 Å². The zero-order chi connectivity index (χ0) is 15.8. The van der Waals surface area contributed by atoms with Crippen LogP contribution in [0.25, 0.3) is 0 Å². The molecule has 3 rings (SSSR count). The number of sulfone groups is 1. The van der Waals surface area contributed by atoms with Gasteiger partial charge in [0.15, 0.2) is 9.84 Å². The lowest BCUT2D eigenvalue weighted by atomic mass is 9.72. The average Bonchev–Trinajstić information content (AvgIpc) is 2.35. The highest BCUT2D eigenvalue weighted by Crippen LogP contribution is 2.36. The molecule has 2 fully saturated rings. The van der Waals surface area contributed by atoms with Crippen molar-refractivity contribution < 1.29 is 17.9 Å². The molecule has 0 spiro atoms.